The van der Waals surface area contributed by atoms with Crippen molar-refractivity contribution in [2.24, 2.45) is 0 Å². The van der Waals surface area contributed by atoms with E-state index in [1.807, 2.05) is 6.92 Å². The number of hydrogen-bond donors (Lipinski definition) is 3. The van der Waals surface area contributed by atoms with E-state index in [0.29, 0.717) is 28.5 Å². The molecule has 1 atom stereocenters. The lowest BCUT2D eigenvalue weighted by Gasteiger charge is -2.25. The lowest BCUT2D eigenvalue weighted by atomic mass is 9.96. The summed E-state index contributed by atoms with van der Waals surface area (Å²) in [6, 6.07) is 0. The number of carbonyl (C=O) groups excluding carboxylic acids is 1. The summed E-state index contributed by atoms with van der Waals surface area (Å²) in [4.78, 5) is 27.5. The van der Waals surface area contributed by atoms with Crippen LogP contribution in [0.4, 0.5) is 5.13 Å². The molecule has 0 fully saturated rings. The van der Waals surface area contributed by atoms with Crippen LogP contribution in [0.1, 0.15) is 42.1 Å². The summed E-state index contributed by atoms with van der Waals surface area (Å²) >= 11 is 1.05. The monoisotopic (exact) mass is 271 g/mol. The number of nitrogens with two attached hydrogens (primary N) is 1. The van der Waals surface area contributed by atoms with E-state index >= 15 is 0 Å². The fourth-order valence-electron chi connectivity index (χ4n) is 1.66. The summed E-state index contributed by atoms with van der Waals surface area (Å²) in [5, 5.41) is 12.0. The number of carbonyl (C=O) groups is 2. The van der Waals surface area contributed by atoms with Crippen LogP contribution in [0, 0.1) is 6.92 Å². The Morgan fingerprint density at radius 2 is 2.17 bits per heavy atom. The van der Waals surface area contributed by atoms with Crippen molar-refractivity contribution in [1.82, 2.24) is 10.3 Å². The zero-order valence-corrected chi connectivity index (χ0v) is 11.4. The van der Waals surface area contributed by atoms with Crippen molar-refractivity contribution in [2.75, 3.05) is 5.73 Å². The molecule has 1 amide bonds. The number of anilines is 1. The Bertz CT molecular complexity index is 472. The van der Waals surface area contributed by atoms with Gasteiger partial charge in [-0.1, -0.05) is 24.7 Å². The molecular weight excluding hydrogens is 254 g/mol. The van der Waals surface area contributed by atoms with Gasteiger partial charge < -0.3 is 16.2 Å². The SMILES string of the molecule is CCCC(C)(NC(=O)c1sc(N)nc1C)C(=O)O. The number of nitrogens with zero attached hydrogens (tertiary/aromatic N) is 1. The number of aromatic nitrogens is 1. The molecule has 1 aromatic heterocycles. The Kier molecular flexibility index (Phi) is 4.28. The number of amides is 1. The highest BCUT2D eigenvalue weighted by molar-refractivity contribution is 7.17. The summed E-state index contributed by atoms with van der Waals surface area (Å²) < 4.78 is 0. The molecule has 0 saturated heterocycles. The molecule has 0 radical (unpaired) electrons. The largest absolute Gasteiger partial charge is 0.480 e. The second-order valence-corrected chi connectivity index (χ2v) is 5.34. The van der Waals surface area contributed by atoms with Crippen LogP contribution in [-0.4, -0.2) is 27.5 Å². The van der Waals surface area contributed by atoms with E-state index in [2.05, 4.69) is 10.3 Å². The fraction of sp³-hybridized carbons (Fsp3) is 0.545. The van der Waals surface area contributed by atoms with E-state index in [9.17, 15) is 14.7 Å². The van der Waals surface area contributed by atoms with Crippen molar-refractivity contribution < 1.29 is 14.7 Å². The Balaban J connectivity index is 2.92. The van der Waals surface area contributed by atoms with Gasteiger partial charge in [0.1, 0.15) is 10.4 Å². The molecule has 0 bridgehead atoms. The maximum absolute atomic E-state index is 12.0. The van der Waals surface area contributed by atoms with Crippen LogP contribution in [0.3, 0.4) is 0 Å². The van der Waals surface area contributed by atoms with Crippen molar-refractivity contribution in [2.45, 2.75) is 39.2 Å². The number of rotatable bonds is 5. The summed E-state index contributed by atoms with van der Waals surface area (Å²) in [5.74, 6) is -1.49. The van der Waals surface area contributed by atoms with Crippen molar-refractivity contribution in [1.29, 1.82) is 0 Å². The van der Waals surface area contributed by atoms with E-state index in [-0.39, 0.29) is 0 Å². The number of nitrogens with one attached hydrogen (secondary N) is 1. The van der Waals surface area contributed by atoms with Gasteiger partial charge in [0.25, 0.3) is 5.91 Å². The Hall–Kier alpha value is -1.63. The third-order valence-corrected chi connectivity index (χ3v) is 3.62. The summed E-state index contributed by atoms with van der Waals surface area (Å²) in [6.45, 7) is 5.03. The van der Waals surface area contributed by atoms with Crippen molar-refractivity contribution in [3.8, 4) is 0 Å². The normalized spacial score (nSPS) is 13.9. The molecule has 0 aliphatic heterocycles. The first-order chi connectivity index (χ1) is 8.30. The third kappa shape index (κ3) is 2.98. The zero-order valence-electron chi connectivity index (χ0n) is 10.6. The van der Waals surface area contributed by atoms with E-state index in [4.69, 9.17) is 5.73 Å². The highest BCUT2D eigenvalue weighted by Crippen LogP contribution is 2.21. The number of aryl methyl sites for hydroxylation is 1. The number of nitrogen functional groups attached to an aromatic ring is 1. The van der Waals surface area contributed by atoms with Crippen molar-refractivity contribution >= 4 is 28.3 Å². The zero-order chi connectivity index (χ0) is 13.9. The van der Waals surface area contributed by atoms with E-state index < -0.39 is 17.4 Å². The smallest absolute Gasteiger partial charge is 0.329 e. The summed E-state index contributed by atoms with van der Waals surface area (Å²) in [5.41, 5.74) is 4.76. The minimum Gasteiger partial charge on any atom is -0.480 e. The van der Waals surface area contributed by atoms with Gasteiger partial charge >= 0.3 is 5.97 Å². The van der Waals surface area contributed by atoms with Crippen molar-refractivity contribution in [3.05, 3.63) is 10.6 Å². The summed E-state index contributed by atoms with van der Waals surface area (Å²) in [7, 11) is 0. The average molecular weight is 271 g/mol. The quantitative estimate of drug-likeness (QED) is 0.750. The first kappa shape index (κ1) is 14.4. The molecule has 1 rings (SSSR count). The van der Waals surface area contributed by atoms with Crippen molar-refractivity contribution in [3.63, 3.8) is 0 Å². The molecule has 7 heteroatoms. The van der Waals surface area contributed by atoms with Crippen LogP contribution in [0.2, 0.25) is 0 Å². The van der Waals surface area contributed by atoms with Gasteiger partial charge in [-0.05, 0) is 20.3 Å². The molecule has 0 aliphatic carbocycles. The molecule has 18 heavy (non-hydrogen) atoms. The predicted molar refractivity (Wildman–Crippen MR) is 69.7 cm³/mol. The average Bonchev–Trinajstić information content (AvgIpc) is 2.57. The summed E-state index contributed by atoms with van der Waals surface area (Å²) in [6.07, 6.45) is 1.02. The highest BCUT2D eigenvalue weighted by Gasteiger charge is 2.34. The highest BCUT2D eigenvalue weighted by atomic mass is 32.1. The number of carboxylic acids is 1. The Labute approximate surface area is 109 Å². The van der Waals surface area contributed by atoms with Gasteiger partial charge in [-0.25, -0.2) is 9.78 Å². The standard InChI is InChI=1S/C11H17N3O3S/c1-4-5-11(3,9(16)17)14-8(15)7-6(2)13-10(12)18-7/h4-5H2,1-3H3,(H2,12,13)(H,14,15)(H,16,17). The molecule has 1 aromatic rings. The van der Waals surface area contributed by atoms with E-state index in [1.54, 1.807) is 6.92 Å². The number of aliphatic carboxylic acids is 1. The maximum atomic E-state index is 12.0. The minimum atomic E-state index is -1.27. The van der Waals surface area contributed by atoms with Gasteiger partial charge in [0.05, 0.1) is 5.69 Å². The topological polar surface area (TPSA) is 105 Å². The third-order valence-electron chi connectivity index (χ3n) is 2.63. The van der Waals surface area contributed by atoms with Crippen LogP contribution in [0.5, 0.6) is 0 Å². The molecule has 1 unspecified atom stereocenters. The van der Waals surface area contributed by atoms with Crippen LogP contribution in [0.15, 0.2) is 0 Å². The molecule has 0 aromatic carbocycles. The Morgan fingerprint density at radius 3 is 2.56 bits per heavy atom. The number of thiazole rings is 1. The van der Waals surface area contributed by atoms with E-state index in [1.165, 1.54) is 6.92 Å². The molecule has 0 aliphatic rings. The number of hydrogen-bond acceptors (Lipinski definition) is 5. The lowest BCUT2D eigenvalue weighted by Crippen LogP contribution is -2.52. The first-order valence-electron chi connectivity index (χ1n) is 5.59. The molecule has 0 saturated carbocycles. The first-order valence-corrected chi connectivity index (χ1v) is 6.40. The van der Waals surface area contributed by atoms with Crippen LogP contribution < -0.4 is 11.1 Å². The van der Waals surface area contributed by atoms with Crippen LogP contribution >= 0.6 is 11.3 Å². The second kappa shape index (κ2) is 5.34. The van der Waals surface area contributed by atoms with Crippen LogP contribution in [0.25, 0.3) is 0 Å². The fourth-order valence-corrected chi connectivity index (χ4v) is 2.39. The van der Waals surface area contributed by atoms with E-state index in [0.717, 1.165) is 11.3 Å². The molecule has 0 spiro atoms. The minimum absolute atomic E-state index is 0.296. The lowest BCUT2D eigenvalue weighted by molar-refractivity contribution is -0.144. The Morgan fingerprint density at radius 1 is 1.56 bits per heavy atom. The molecular formula is C11H17N3O3S. The van der Waals surface area contributed by atoms with Gasteiger partial charge in [0.2, 0.25) is 0 Å². The number of carboxylic acid groups (broad SMARTS) is 1. The van der Waals surface area contributed by atoms with Gasteiger partial charge in [-0.15, -0.1) is 0 Å². The van der Waals surface area contributed by atoms with Gasteiger partial charge in [0, 0.05) is 0 Å². The van der Waals surface area contributed by atoms with Gasteiger partial charge in [0.15, 0.2) is 5.13 Å². The van der Waals surface area contributed by atoms with Gasteiger partial charge in [-0.3, -0.25) is 4.79 Å². The second-order valence-electron chi connectivity index (χ2n) is 4.31. The molecule has 1 heterocycles. The van der Waals surface area contributed by atoms with Crippen LogP contribution in [-0.2, 0) is 4.79 Å². The maximum Gasteiger partial charge on any atom is 0.329 e. The van der Waals surface area contributed by atoms with Gasteiger partial charge in [-0.2, -0.15) is 0 Å². The molecule has 100 valence electrons. The molecule has 6 nitrogen and oxygen atoms in total. The predicted octanol–water partition coefficient (Wildman–Crippen LogP) is 1.41. The molecule has 4 N–H and O–H groups in total.